The molecule has 1 aliphatic heterocycles. The summed E-state index contributed by atoms with van der Waals surface area (Å²) in [6, 6.07) is 4.56. The predicted octanol–water partition coefficient (Wildman–Crippen LogP) is 4.94. The van der Waals surface area contributed by atoms with Crippen molar-refractivity contribution in [2.45, 2.75) is 69.9 Å². The Hall–Kier alpha value is -1.46. The van der Waals surface area contributed by atoms with Crippen LogP contribution in [0.3, 0.4) is 0 Å². The first-order chi connectivity index (χ1) is 15.1. The van der Waals surface area contributed by atoms with Crippen molar-refractivity contribution in [1.29, 1.82) is 0 Å². The van der Waals surface area contributed by atoms with Crippen molar-refractivity contribution < 1.29 is 9.53 Å². The van der Waals surface area contributed by atoms with E-state index in [2.05, 4.69) is 15.5 Å². The van der Waals surface area contributed by atoms with Crippen LogP contribution in [0.1, 0.15) is 68.1 Å². The van der Waals surface area contributed by atoms with Gasteiger partial charge in [0.1, 0.15) is 5.75 Å². The Morgan fingerprint density at radius 3 is 2.45 bits per heavy atom. The summed E-state index contributed by atoms with van der Waals surface area (Å²) in [7, 11) is 1.61. The number of ether oxygens (including phenoxy) is 1. The quantitative estimate of drug-likeness (QED) is 0.623. The van der Waals surface area contributed by atoms with Gasteiger partial charge in [0.05, 0.1) is 23.4 Å². The van der Waals surface area contributed by atoms with Gasteiger partial charge in [-0.15, -0.1) is 0 Å². The number of benzene rings is 1. The number of methoxy groups -OCH3 is 1. The second-order valence-electron chi connectivity index (χ2n) is 10.2. The van der Waals surface area contributed by atoms with Gasteiger partial charge in [-0.3, -0.25) is 9.69 Å². The van der Waals surface area contributed by atoms with Gasteiger partial charge in [-0.1, -0.05) is 24.4 Å². The average Bonchev–Trinajstić information content (AvgIpc) is 3.48. The fourth-order valence-electron chi connectivity index (χ4n) is 6.29. The number of carbonyl (C=O) groups is 1. The fraction of sp³-hybridized carbons (Fsp3) is 0.720. The van der Waals surface area contributed by atoms with E-state index in [4.69, 9.17) is 16.3 Å². The lowest BCUT2D eigenvalue weighted by molar-refractivity contribution is 0.0346. The molecule has 0 unspecified atom stereocenters. The van der Waals surface area contributed by atoms with Crippen LogP contribution in [0.4, 0.5) is 5.69 Å². The molecule has 2 bridgehead atoms. The van der Waals surface area contributed by atoms with Crippen molar-refractivity contribution >= 4 is 23.2 Å². The van der Waals surface area contributed by atoms with Crippen LogP contribution in [0.5, 0.6) is 5.75 Å². The minimum atomic E-state index is -0.0804. The third kappa shape index (κ3) is 4.68. The maximum absolute atomic E-state index is 13.1. The van der Waals surface area contributed by atoms with Crippen molar-refractivity contribution in [3.8, 4) is 5.75 Å². The van der Waals surface area contributed by atoms with Crippen LogP contribution in [-0.2, 0) is 0 Å². The standard InChI is InChI=1S/C25H36ClN3O2/c1-31-23-13-22(27-14-16-8-9-16)21(26)12-20(23)25(30)28-19-10-11-29(15-19)24-17-4-2-5-18(24)7-3-6-17/h12-13,16-19,24,27H,2-11,14-15H2,1H3,(H,28,30)/t17?,18?,19-,24?/m0/s1. The number of anilines is 1. The zero-order valence-electron chi connectivity index (χ0n) is 18.7. The SMILES string of the molecule is COc1cc(NCC2CC2)c(Cl)cc1C(=O)N[C@H]1CCN(C2C3CCCC2CCC3)C1. The highest BCUT2D eigenvalue weighted by Crippen LogP contribution is 2.43. The van der Waals surface area contributed by atoms with Crippen molar-refractivity contribution in [2.24, 2.45) is 17.8 Å². The molecule has 0 radical (unpaired) electrons. The maximum atomic E-state index is 13.1. The van der Waals surface area contributed by atoms with Gasteiger partial charge < -0.3 is 15.4 Å². The van der Waals surface area contributed by atoms with Crippen LogP contribution >= 0.6 is 11.6 Å². The molecule has 31 heavy (non-hydrogen) atoms. The third-order valence-electron chi connectivity index (χ3n) is 8.05. The predicted molar refractivity (Wildman–Crippen MR) is 125 cm³/mol. The van der Waals surface area contributed by atoms with Gasteiger partial charge in [0, 0.05) is 37.8 Å². The number of amides is 1. The fourth-order valence-corrected chi connectivity index (χ4v) is 6.52. The maximum Gasteiger partial charge on any atom is 0.255 e. The van der Waals surface area contributed by atoms with Crippen LogP contribution in [0.25, 0.3) is 0 Å². The summed E-state index contributed by atoms with van der Waals surface area (Å²) in [6.07, 6.45) is 12.0. The van der Waals surface area contributed by atoms with E-state index in [0.717, 1.165) is 55.5 Å². The Bertz CT molecular complexity index is 790. The number of fused-ring (bicyclic) bond motifs is 2. The summed E-state index contributed by atoms with van der Waals surface area (Å²) in [5.74, 6) is 2.99. The van der Waals surface area contributed by atoms with Gasteiger partial charge in [0.15, 0.2) is 0 Å². The van der Waals surface area contributed by atoms with Crippen LogP contribution < -0.4 is 15.4 Å². The molecule has 1 amide bonds. The molecule has 4 aliphatic rings. The molecule has 1 saturated heterocycles. The third-order valence-corrected chi connectivity index (χ3v) is 8.37. The lowest BCUT2D eigenvalue weighted by Gasteiger charge is -2.47. The van der Waals surface area contributed by atoms with E-state index in [1.165, 1.54) is 51.4 Å². The van der Waals surface area contributed by atoms with Gasteiger partial charge in [0.25, 0.3) is 5.91 Å². The number of hydrogen-bond donors (Lipinski definition) is 2. The Morgan fingerprint density at radius 1 is 1.10 bits per heavy atom. The van der Waals surface area contributed by atoms with E-state index in [0.29, 0.717) is 16.3 Å². The molecule has 1 aromatic rings. The van der Waals surface area contributed by atoms with E-state index in [-0.39, 0.29) is 11.9 Å². The van der Waals surface area contributed by atoms with E-state index in [1.54, 1.807) is 13.2 Å². The normalized spacial score (nSPS) is 30.8. The Morgan fingerprint density at radius 2 is 1.81 bits per heavy atom. The van der Waals surface area contributed by atoms with Crippen molar-refractivity contribution in [2.75, 3.05) is 32.1 Å². The molecular weight excluding hydrogens is 410 g/mol. The van der Waals surface area contributed by atoms with Gasteiger partial charge in [0.2, 0.25) is 0 Å². The van der Waals surface area contributed by atoms with E-state index in [1.807, 2.05) is 6.07 Å². The average molecular weight is 446 g/mol. The first-order valence-corrected chi connectivity index (χ1v) is 12.7. The first kappa shape index (κ1) is 21.4. The van der Waals surface area contributed by atoms with E-state index < -0.39 is 0 Å². The molecule has 170 valence electrons. The largest absolute Gasteiger partial charge is 0.496 e. The van der Waals surface area contributed by atoms with Gasteiger partial charge >= 0.3 is 0 Å². The van der Waals surface area contributed by atoms with Gasteiger partial charge in [-0.25, -0.2) is 0 Å². The Kier molecular flexibility index (Phi) is 6.34. The minimum Gasteiger partial charge on any atom is -0.496 e. The number of likely N-dealkylation sites (tertiary alicyclic amines) is 1. The molecule has 3 aliphatic carbocycles. The monoisotopic (exact) mass is 445 g/mol. The van der Waals surface area contributed by atoms with Crippen LogP contribution in [0, 0.1) is 17.8 Å². The molecule has 0 spiro atoms. The second-order valence-corrected chi connectivity index (χ2v) is 10.6. The second kappa shape index (κ2) is 9.19. The molecule has 0 aromatic heterocycles. The zero-order chi connectivity index (χ0) is 21.4. The molecule has 3 saturated carbocycles. The van der Waals surface area contributed by atoms with Crippen LogP contribution in [0.2, 0.25) is 5.02 Å². The Balaban J connectivity index is 1.22. The first-order valence-electron chi connectivity index (χ1n) is 12.3. The molecule has 1 heterocycles. The molecule has 2 N–H and O–H groups in total. The van der Waals surface area contributed by atoms with Crippen molar-refractivity contribution in [3.63, 3.8) is 0 Å². The summed E-state index contributed by atoms with van der Waals surface area (Å²) >= 11 is 6.50. The topological polar surface area (TPSA) is 53.6 Å². The molecular formula is C25H36ClN3O2. The lowest BCUT2D eigenvalue weighted by atomic mass is 9.68. The zero-order valence-corrected chi connectivity index (χ0v) is 19.4. The highest BCUT2D eigenvalue weighted by atomic mass is 35.5. The van der Waals surface area contributed by atoms with Gasteiger partial charge in [-0.05, 0) is 68.8 Å². The van der Waals surface area contributed by atoms with Crippen LogP contribution in [0.15, 0.2) is 12.1 Å². The number of rotatable bonds is 7. The summed E-state index contributed by atoms with van der Waals surface area (Å²) < 4.78 is 5.55. The molecule has 6 heteroatoms. The van der Waals surface area contributed by atoms with Crippen molar-refractivity contribution in [3.05, 3.63) is 22.7 Å². The molecule has 5 rings (SSSR count). The molecule has 1 aromatic carbocycles. The van der Waals surface area contributed by atoms with Crippen LogP contribution in [-0.4, -0.2) is 49.6 Å². The highest BCUT2D eigenvalue weighted by molar-refractivity contribution is 6.33. The van der Waals surface area contributed by atoms with E-state index in [9.17, 15) is 4.79 Å². The number of nitrogens with one attached hydrogen (secondary N) is 2. The minimum absolute atomic E-state index is 0.0804. The lowest BCUT2D eigenvalue weighted by Crippen LogP contribution is -2.50. The summed E-state index contributed by atoms with van der Waals surface area (Å²) in [5.41, 5.74) is 1.37. The summed E-state index contributed by atoms with van der Waals surface area (Å²) in [4.78, 5) is 15.8. The van der Waals surface area contributed by atoms with Crippen molar-refractivity contribution in [1.82, 2.24) is 10.2 Å². The Labute approximate surface area is 191 Å². The highest BCUT2D eigenvalue weighted by Gasteiger charge is 2.42. The smallest absolute Gasteiger partial charge is 0.255 e. The molecule has 1 atom stereocenters. The van der Waals surface area contributed by atoms with E-state index >= 15 is 0 Å². The number of carbonyl (C=O) groups excluding carboxylic acids is 1. The molecule has 5 nitrogen and oxygen atoms in total. The van der Waals surface area contributed by atoms with Gasteiger partial charge in [-0.2, -0.15) is 0 Å². The number of halogens is 1. The number of nitrogens with zero attached hydrogens (tertiary/aromatic N) is 1. The number of hydrogen-bond acceptors (Lipinski definition) is 4. The molecule has 4 fully saturated rings. The summed E-state index contributed by atoms with van der Waals surface area (Å²) in [6.45, 7) is 3.00. The summed E-state index contributed by atoms with van der Waals surface area (Å²) in [5, 5.41) is 7.25.